The maximum atomic E-state index is 14.1. The van der Waals surface area contributed by atoms with E-state index in [9.17, 15) is 9.18 Å². The maximum absolute atomic E-state index is 14.1. The predicted octanol–water partition coefficient (Wildman–Crippen LogP) is 3.28. The average Bonchev–Trinajstić information content (AvgIpc) is 2.28. The fourth-order valence-corrected chi connectivity index (χ4v) is 1.80. The van der Waals surface area contributed by atoms with Gasteiger partial charge >= 0.3 is 0 Å². The van der Waals surface area contributed by atoms with Gasteiger partial charge in [0.1, 0.15) is 5.75 Å². The molecular weight excluding hydrogens is 219 g/mol. The van der Waals surface area contributed by atoms with E-state index in [1.54, 1.807) is 12.1 Å². The van der Waals surface area contributed by atoms with E-state index >= 15 is 0 Å². The molecule has 1 aromatic carbocycles. The van der Waals surface area contributed by atoms with Crippen LogP contribution < -0.4 is 4.74 Å². The Labute approximate surface area is 102 Å². The quantitative estimate of drug-likeness (QED) is 0.736. The molecule has 0 fully saturated rings. The van der Waals surface area contributed by atoms with Crippen LogP contribution in [0.5, 0.6) is 5.75 Å². The summed E-state index contributed by atoms with van der Waals surface area (Å²) in [4.78, 5) is 10.8. The van der Waals surface area contributed by atoms with Crippen LogP contribution in [0, 0.1) is 5.92 Å². The maximum Gasteiger partial charge on any atom is 0.191 e. The molecular formula is C14H19FO2. The predicted molar refractivity (Wildman–Crippen MR) is 66.1 cm³/mol. The molecule has 0 heterocycles. The van der Waals surface area contributed by atoms with Gasteiger partial charge in [-0.05, 0) is 37.0 Å². The molecule has 1 rings (SSSR count). The van der Waals surface area contributed by atoms with Crippen molar-refractivity contribution < 1.29 is 13.9 Å². The molecule has 1 atom stereocenters. The van der Waals surface area contributed by atoms with Crippen molar-refractivity contribution in [3.05, 3.63) is 29.3 Å². The minimum atomic E-state index is -2.00. The van der Waals surface area contributed by atoms with Crippen molar-refractivity contribution in [1.29, 1.82) is 0 Å². The third-order valence-corrected chi connectivity index (χ3v) is 2.66. The van der Waals surface area contributed by atoms with E-state index < -0.39 is 5.67 Å². The van der Waals surface area contributed by atoms with Crippen LogP contribution in [0.3, 0.4) is 0 Å². The van der Waals surface area contributed by atoms with Crippen molar-refractivity contribution in [1.82, 2.24) is 0 Å². The molecule has 0 aliphatic heterocycles. The summed E-state index contributed by atoms with van der Waals surface area (Å²) >= 11 is 0. The van der Waals surface area contributed by atoms with Crippen LogP contribution in [-0.2, 0) is 16.9 Å². The van der Waals surface area contributed by atoms with Crippen molar-refractivity contribution in [3.8, 4) is 5.75 Å². The number of halogens is 1. The van der Waals surface area contributed by atoms with Gasteiger partial charge in [-0.2, -0.15) is 0 Å². The highest BCUT2D eigenvalue weighted by Gasteiger charge is 2.29. The lowest BCUT2D eigenvalue weighted by Gasteiger charge is -2.18. The number of hydrogen-bond donors (Lipinski definition) is 0. The molecule has 1 unspecified atom stereocenters. The van der Waals surface area contributed by atoms with Crippen molar-refractivity contribution >= 4 is 6.29 Å². The van der Waals surface area contributed by atoms with E-state index in [-0.39, 0.29) is 0 Å². The standard InChI is InChI=1S/C14H19FO2/c1-10(2)7-11-5-6-13(17-4)12(8-11)14(3,15)9-16/h5-6,8-10H,7H2,1-4H3. The Bertz CT molecular complexity index is 397. The fraction of sp³-hybridized carbons (Fsp3) is 0.500. The molecule has 3 heteroatoms. The summed E-state index contributed by atoms with van der Waals surface area (Å²) in [6, 6.07) is 5.34. The van der Waals surface area contributed by atoms with Gasteiger partial charge in [0.2, 0.25) is 0 Å². The number of ether oxygens (including phenoxy) is 1. The molecule has 94 valence electrons. The second kappa shape index (κ2) is 5.30. The molecule has 0 saturated heterocycles. The Morgan fingerprint density at radius 3 is 2.59 bits per heavy atom. The minimum absolute atomic E-state index is 0.299. The van der Waals surface area contributed by atoms with Gasteiger partial charge in [0.25, 0.3) is 0 Å². The van der Waals surface area contributed by atoms with Gasteiger partial charge in [0.15, 0.2) is 12.0 Å². The lowest BCUT2D eigenvalue weighted by Crippen LogP contribution is -2.18. The van der Waals surface area contributed by atoms with Crippen molar-refractivity contribution in [3.63, 3.8) is 0 Å². The zero-order valence-corrected chi connectivity index (χ0v) is 10.8. The van der Waals surface area contributed by atoms with Crippen LogP contribution in [0.1, 0.15) is 31.9 Å². The van der Waals surface area contributed by atoms with Crippen molar-refractivity contribution in [2.45, 2.75) is 32.9 Å². The molecule has 17 heavy (non-hydrogen) atoms. The molecule has 0 amide bonds. The molecule has 0 radical (unpaired) electrons. The van der Waals surface area contributed by atoms with Crippen LogP contribution in [0.2, 0.25) is 0 Å². The Kier molecular flexibility index (Phi) is 4.27. The summed E-state index contributed by atoms with van der Waals surface area (Å²) in [5.74, 6) is 0.896. The van der Waals surface area contributed by atoms with Gasteiger partial charge in [-0.25, -0.2) is 4.39 Å². The summed E-state index contributed by atoms with van der Waals surface area (Å²) < 4.78 is 19.2. The van der Waals surface area contributed by atoms with Crippen molar-refractivity contribution in [2.24, 2.45) is 5.92 Å². The number of methoxy groups -OCH3 is 1. The molecule has 0 aliphatic rings. The van der Waals surface area contributed by atoms with Crippen LogP contribution in [-0.4, -0.2) is 13.4 Å². The van der Waals surface area contributed by atoms with Gasteiger partial charge in [0.05, 0.1) is 7.11 Å². The Morgan fingerprint density at radius 2 is 2.12 bits per heavy atom. The first kappa shape index (κ1) is 13.7. The fourth-order valence-electron chi connectivity index (χ4n) is 1.80. The van der Waals surface area contributed by atoms with Crippen LogP contribution >= 0.6 is 0 Å². The van der Waals surface area contributed by atoms with E-state index in [1.807, 2.05) is 6.07 Å². The first-order chi connectivity index (χ1) is 7.90. The molecule has 1 aromatic rings. The number of alkyl halides is 1. The summed E-state index contributed by atoms with van der Waals surface area (Å²) in [5.41, 5.74) is -0.687. The number of aldehydes is 1. The van der Waals surface area contributed by atoms with E-state index in [2.05, 4.69) is 13.8 Å². The first-order valence-electron chi connectivity index (χ1n) is 5.73. The highest BCUT2D eigenvalue weighted by molar-refractivity contribution is 5.67. The topological polar surface area (TPSA) is 26.3 Å². The average molecular weight is 238 g/mol. The van der Waals surface area contributed by atoms with Crippen LogP contribution in [0.15, 0.2) is 18.2 Å². The number of benzene rings is 1. The smallest absolute Gasteiger partial charge is 0.191 e. The third-order valence-electron chi connectivity index (χ3n) is 2.66. The zero-order chi connectivity index (χ0) is 13.1. The highest BCUT2D eigenvalue weighted by atomic mass is 19.1. The van der Waals surface area contributed by atoms with Gasteiger partial charge in [-0.3, -0.25) is 4.79 Å². The number of rotatable bonds is 5. The van der Waals surface area contributed by atoms with E-state index in [4.69, 9.17) is 4.74 Å². The zero-order valence-electron chi connectivity index (χ0n) is 10.8. The van der Waals surface area contributed by atoms with Gasteiger partial charge < -0.3 is 4.74 Å². The Balaban J connectivity index is 3.20. The normalized spacial score (nSPS) is 14.5. The van der Waals surface area contributed by atoms with Gasteiger partial charge in [-0.15, -0.1) is 0 Å². The Morgan fingerprint density at radius 1 is 1.47 bits per heavy atom. The Hall–Kier alpha value is -1.38. The minimum Gasteiger partial charge on any atom is -0.496 e. The van der Waals surface area contributed by atoms with Crippen LogP contribution in [0.25, 0.3) is 0 Å². The molecule has 0 N–H and O–H groups in total. The van der Waals surface area contributed by atoms with Crippen LogP contribution in [0.4, 0.5) is 4.39 Å². The third kappa shape index (κ3) is 3.29. The lowest BCUT2D eigenvalue weighted by atomic mass is 9.93. The number of carbonyl (C=O) groups excluding carboxylic acids is 1. The summed E-state index contributed by atoms with van der Waals surface area (Å²) in [5, 5.41) is 0. The van der Waals surface area contributed by atoms with Crippen molar-refractivity contribution in [2.75, 3.05) is 7.11 Å². The molecule has 0 aliphatic carbocycles. The first-order valence-corrected chi connectivity index (χ1v) is 5.73. The number of hydrogen-bond acceptors (Lipinski definition) is 2. The monoisotopic (exact) mass is 238 g/mol. The van der Waals surface area contributed by atoms with E-state index in [1.165, 1.54) is 14.0 Å². The largest absolute Gasteiger partial charge is 0.496 e. The van der Waals surface area contributed by atoms with Gasteiger partial charge in [0, 0.05) is 5.56 Å². The second-order valence-electron chi connectivity index (χ2n) is 4.83. The molecule has 0 saturated carbocycles. The summed E-state index contributed by atoms with van der Waals surface area (Å²) in [6.07, 6.45) is 1.16. The summed E-state index contributed by atoms with van der Waals surface area (Å²) in [6.45, 7) is 5.44. The lowest BCUT2D eigenvalue weighted by molar-refractivity contribution is -0.117. The summed E-state index contributed by atoms with van der Waals surface area (Å²) in [7, 11) is 1.47. The molecule has 0 aromatic heterocycles. The van der Waals surface area contributed by atoms with E-state index in [0.717, 1.165) is 12.0 Å². The number of carbonyl (C=O) groups is 1. The second-order valence-corrected chi connectivity index (χ2v) is 4.83. The highest BCUT2D eigenvalue weighted by Crippen LogP contribution is 2.32. The molecule has 0 bridgehead atoms. The molecule has 0 spiro atoms. The molecule has 2 nitrogen and oxygen atoms in total. The SMILES string of the molecule is COc1ccc(CC(C)C)cc1C(C)(F)C=O. The van der Waals surface area contributed by atoms with E-state index in [0.29, 0.717) is 23.5 Å². The van der Waals surface area contributed by atoms with Gasteiger partial charge in [-0.1, -0.05) is 19.9 Å².